The van der Waals surface area contributed by atoms with E-state index in [-0.39, 0.29) is 35.7 Å². The Hall–Kier alpha value is -1.37. The quantitative estimate of drug-likeness (QED) is 0.619. The van der Waals surface area contributed by atoms with Crippen molar-refractivity contribution >= 4 is 17.3 Å². The number of carbonyl (C=O) groups excluding carboxylic acids is 3. The molecule has 4 rings (SSSR count). The van der Waals surface area contributed by atoms with Gasteiger partial charge in [-0.2, -0.15) is 0 Å². The largest absolute Gasteiger partial charge is 0.390 e. The molecule has 0 amide bonds. The molecule has 0 saturated heterocycles. The SMILES string of the molecule is C[C@]12C(=O)CC(=O)C=C1CC[C@@H]1[C@@H]2CC[C@@]2(C)[C@H]1CC(O)[C@]2(O)C(=O)CO. The minimum Gasteiger partial charge on any atom is -0.390 e. The monoisotopic (exact) mass is 376 g/mol. The van der Waals surface area contributed by atoms with Crippen molar-refractivity contribution in [2.24, 2.45) is 28.6 Å². The van der Waals surface area contributed by atoms with Crippen LogP contribution in [-0.4, -0.2) is 51.0 Å². The molecule has 0 bridgehead atoms. The molecule has 3 fully saturated rings. The van der Waals surface area contributed by atoms with Gasteiger partial charge in [-0.05, 0) is 62.9 Å². The van der Waals surface area contributed by atoms with Crippen LogP contribution >= 0.6 is 0 Å². The molecule has 27 heavy (non-hydrogen) atoms. The van der Waals surface area contributed by atoms with E-state index in [0.717, 1.165) is 12.0 Å². The third-order valence-corrected chi connectivity index (χ3v) is 8.63. The summed E-state index contributed by atoms with van der Waals surface area (Å²) in [6, 6.07) is 0. The minimum atomic E-state index is -1.94. The highest BCUT2D eigenvalue weighted by molar-refractivity contribution is 6.11. The maximum atomic E-state index is 12.9. The molecule has 0 heterocycles. The third-order valence-electron chi connectivity index (χ3n) is 8.63. The highest BCUT2D eigenvalue weighted by Gasteiger charge is 2.70. The van der Waals surface area contributed by atoms with Crippen LogP contribution < -0.4 is 0 Å². The smallest absolute Gasteiger partial charge is 0.192 e. The van der Waals surface area contributed by atoms with Gasteiger partial charge in [0.05, 0.1) is 17.9 Å². The van der Waals surface area contributed by atoms with Crippen LogP contribution in [0.5, 0.6) is 0 Å². The summed E-state index contributed by atoms with van der Waals surface area (Å²) in [6.07, 6.45) is 3.28. The lowest BCUT2D eigenvalue weighted by Gasteiger charge is -2.57. The van der Waals surface area contributed by atoms with Gasteiger partial charge in [-0.25, -0.2) is 0 Å². The normalized spacial score (nSPS) is 49.1. The first-order valence-corrected chi connectivity index (χ1v) is 9.92. The molecule has 0 spiro atoms. The van der Waals surface area contributed by atoms with E-state index in [4.69, 9.17) is 0 Å². The van der Waals surface area contributed by atoms with Crippen LogP contribution in [0.25, 0.3) is 0 Å². The fourth-order valence-electron chi connectivity index (χ4n) is 7.07. The Morgan fingerprint density at radius 1 is 1.22 bits per heavy atom. The molecule has 1 unspecified atom stereocenters. The van der Waals surface area contributed by atoms with Crippen LogP contribution in [0.4, 0.5) is 0 Å². The zero-order chi connectivity index (χ0) is 19.8. The standard InChI is InChI=1S/C21H28O6/c1-19-6-5-14-13(15(19)9-17(25)21(19,27)18(26)10-22)4-3-11-7-12(23)8-16(24)20(11,14)2/h7,13-15,17,22,25,27H,3-6,8-10H2,1-2H3/t13-,14+,15+,17?,19+,20+,21+/m1/s1. The molecular weight excluding hydrogens is 348 g/mol. The maximum absolute atomic E-state index is 12.9. The summed E-state index contributed by atoms with van der Waals surface area (Å²) in [5, 5.41) is 31.2. The molecule has 6 nitrogen and oxygen atoms in total. The van der Waals surface area contributed by atoms with Gasteiger partial charge in [-0.1, -0.05) is 12.5 Å². The summed E-state index contributed by atoms with van der Waals surface area (Å²) in [4.78, 5) is 37.1. The predicted octanol–water partition coefficient (Wildman–Crippen LogP) is 0.961. The molecule has 0 aliphatic heterocycles. The number of rotatable bonds is 2. The van der Waals surface area contributed by atoms with Crippen molar-refractivity contribution in [1.29, 1.82) is 0 Å². The van der Waals surface area contributed by atoms with Gasteiger partial charge in [0.15, 0.2) is 23.0 Å². The van der Waals surface area contributed by atoms with Gasteiger partial charge in [-0.15, -0.1) is 0 Å². The summed E-state index contributed by atoms with van der Waals surface area (Å²) in [5.41, 5.74) is -2.50. The van der Waals surface area contributed by atoms with Gasteiger partial charge >= 0.3 is 0 Å². The van der Waals surface area contributed by atoms with E-state index < -0.39 is 34.9 Å². The van der Waals surface area contributed by atoms with Crippen LogP contribution in [0.1, 0.15) is 52.4 Å². The highest BCUT2D eigenvalue weighted by Crippen LogP contribution is 2.67. The summed E-state index contributed by atoms with van der Waals surface area (Å²) >= 11 is 0. The minimum absolute atomic E-state index is 0.0245. The molecule has 6 heteroatoms. The molecule has 4 aliphatic carbocycles. The Kier molecular flexibility index (Phi) is 4.09. The molecule has 0 radical (unpaired) electrons. The van der Waals surface area contributed by atoms with Crippen LogP contribution in [0.2, 0.25) is 0 Å². The topological polar surface area (TPSA) is 112 Å². The van der Waals surface area contributed by atoms with Crippen molar-refractivity contribution in [3.63, 3.8) is 0 Å². The second kappa shape index (κ2) is 5.82. The second-order valence-electron chi connectivity index (χ2n) is 9.41. The first-order valence-electron chi connectivity index (χ1n) is 9.92. The van der Waals surface area contributed by atoms with E-state index in [2.05, 4.69) is 0 Å². The molecule has 0 aromatic carbocycles. The number of allylic oxidation sites excluding steroid dienone is 1. The molecule has 0 aromatic rings. The third kappa shape index (κ3) is 2.15. The molecular formula is C21H28O6. The summed E-state index contributed by atoms with van der Waals surface area (Å²) in [5.74, 6) is -0.821. The molecule has 3 N–H and O–H groups in total. The average molecular weight is 376 g/mol. The molecule has 148 valence electrons. The van der Waals surface area contributed by atoms with Crippen molar-refractivity contribution in [2.45, 2.75) is 64.1 Å². The zero-order valence-electron chi connectivity index (χ0n) is 15.9. The fraction of sp³-hybridized carbons (Fsp3) is 0.762. The fourth-order valence-corrected chi connectivity index (χ4v) is 7.07. The summed E-state index contributed by atoms with van der Waals surface area (Å²) < 4.78 is 0. The first-order chi connectivity index (χ1) is 12.6. The van der Waals surface area contributed by atoms with Crippen LogP contribution in [0.15, 0.2) is 11.6 Å². The predicted molar refractivity (Wildman–Crippen MR) is 95.5 cm³/mol. The Labute approximate surface area is 158 Å². The number of aliphatic hydroxyl groups excluding tert-OH is 2. The number of ketones is 3. The number of hydrogen-bond donors (Lipinski definition) is 3. The van der Waals surface area contributed by atoms with Gasteiger partial charge < -0.3 is 15.3 Å². The second-order valence-corrected chi connectivity index (χ2v) is 9.41. The Morgan fingerprint density at radius 2 is 1.93 bits per heavy atom. The van der Waals surface area contributed by atoms with E-state index >= 15 is 0 Å². The first kappa shape index (κ1) is 19.0. The molecule has 3 saturated carbocycles. The zero-order valence-corrected chi connectivity index (χ0v) is 15.9. The Morgan fingerprint density at radius 3 is 2.59 bits per heavy atom. The highest BCUT2D eigenvalue weighted by atomic mass is 16.4. The lowest BCUT2D eigenvalue weighted by molar-refractivity contribution is -0.179. The Bertz CT molecular complexity index is 756. The van der Waals surface area contributed by atoms with Gasteiger partial charge in [-0.3, -0.25) is 14.4 Å². The van der Waals surface area contributed by atoms with Crippen molar-refractivity contribution < 1.29 is 29.7 Å². The number of carbonyl (C=O) groups is 3. The van der Waals surface area contributed by atoms with Gasteiger partial charge in [0, 0.05) is 5.41 Å². The van der Waals surface area contributed by atoms with Crippen LogP contribution in [0, 0.1) is 28.6 Å². The van der Waals surface area contributed by atoms with E-state index in [9.17, 15) is 29.7 Å². The van der Waals surface area contributed by atoms with Gasteiger partial charge in [0.2, 0.25) is 0 Å². The average Bonchev–Trinajstić information content (AvgIpc) is 2.83. The van der Waals surface area contributed by atoms with Gasteiger partial charge in [0.1, 0.15) is 6.61 Å². The molecule has 7 atom stereocenters. The van der Waals surface area contributed by atoms with Crippen LogP contribution in [0.3, 0.4) is 0 Å². The maximum Gasteiger partial charge on any atom is 0.192 e. The van der Waals surface area contributed by atoms with Crippen molar-refractivity contribution in [2.75, 3.05) is 6.61 Å². The lowest BCUT2D eigenvalue weighted by atomic mass is 9.46. The van der Waals surface area contributed by atoms with E-state index in [0.29, 0.717) is 25.7 Å². The Balaban J connectivity index is 1.75. The van der Waals surface area contributed by atoms with E-state index in [1.165, 1.54) is 0 Å². The number of Topliss-reactive ketones (excluding diaryl/α,β-unsaturated/α-hetero) is 2. The lowest BCUT2D eigenvalue weighted by Crippen LogP contribution is -2.61. The number of fused-ring (bicyclic) bond motifs is 5. The molecule has 4 aliphatic rings. The van der Waals surface area contributed by atoms with Crippen molar-refractivity contribution in [3.05, 3.63) is 11.6 Å². The van der Waals surface area contributed by atoms with Crippen molar-refractivity contribution in [3.8, 4) is 0 Å². The molecule has 0 aromatic heterocycles. The van der Waals surface area contributed by atoms with Crippen LogP contribution in [-0.2, 0) is 14.4 Å². The summed E-state index contributed by atoms with van der Waals surface area (Å²) in [6.45, 7) is 3.00. The van der Waals surface area contributed by atoms with E-state index in [1.54, 1.807) is 6.08 Å². The number of hydrogen-bond acceptors (Lipinski definition) is 6. The van der Waals surface area contributed by atoms with Gasteiger partial charge in [0.25, 0.3) is 0 Å². The summed E-state index contributed by atoms with van der Waals surface area (Å²) in [7, 11) is 0. The number of aliphatic hydroxyl groups is 3. The van der Waals surface area contributed by atoms with E-state index in [1.807, 2.05) is 13.8 Å². The van der Waals surface area contributed by atoms with Crippen molar-refractivity contribution in [1.82, 2.24) is 0 Å².